The first kappa shape index (κ1) is 18.4. The molecule has 2 aromatic carbocycles. The van der Waals surface area contributed by atoms with Gasteiger partial charge in [-0.3, -0.25) is 4.79 Å². The highest BCUT2D eigenvalue weighted by Gasteiger charge is 2.20. The van der Waals surface area contributed by atoms with Gasteiger partial charge in [0.05, 0.1) is 23.6 Å². The van der Waals surface area contributed by atoms with Crippen LogP contribution in [-0.2, 0) is 9.53 Å². The molecule has 0 aliphatic heterocycles. The number of anilines is 1. The number of rotatable bonds is 6. The van der Waals surface area contributed by atoms with Gasteiger partial charge in [0.25, 0.3) is 0 Å². The Morgan fingerprint density at radius 1 is 1.17 bits per heavy atom. The van der Waals surface area contributed by atoms with Gasteiger partial charge < -0.3 is 10.1 Å². The highest BCUT2D eigenvalue weighted by Crippen LogP contribution is 2.28. The van der Waals surface area contributed by atoms with Gasteiger partial charge in [-0.2, -0.15) is 0 Å². The summed E-state index contributed by atoms with van der Waals surface area (Å²) in [5.41, 5.74) is 0.782. The van der Waals surface area contributed by atoms with Crippen molar-refractivity contribution in [3.63, 3.8) is 0 Å². The number of carbonyl (C=O) groups excluding carboxylic acids is 2. The first-order valence-electron chi connectivity index (χ1n) is 7.45. The van der Waals surface area contributed by atoms with Crippen molar-refractivity contribution >= 4 is 40.9 Å². The van der Waals surface area contributed by atoms with Crippen LogP contribution in [0.2, 0.25) is 5.02 Å². The third kappa shape index (κ3) is 4.76. The fourth-order valence-electron chi connectivity index (χ4n) is 2.09. The molecule has 1 N–H and O–H groups in total. The molecule has 0 aromatic heterocycles. The number of para-hydroxylation sites is 1. The minimum atomic E-state index is -0.482. The number of hydrogen-bond acceptors (Lipinski definition) is 4. The van der Waals surface area contributed by atoms with Crippen molar-refractivity contribution in [3.8, 4) is 0 Å². The molecule has 2 rings (SSSR count). The molecule has 1 amide bonds. The molecule has 1 atom stereocenters. The maximum absolute atomic E-state index is 12.6. The highest BCUT2D eigenvalue weighted by atomic mass is 35.5. The summed E-state index contributed by atoms with van der Waals surface area (Å²) >= 11 is 7.34. The number of ether oxygens (including phenoxy) is 1. The lowest BCUT2D eigenvalue weighted by atomic mass is 10.1. The third-order valence-corrected chi connectivity index (χ3v) is 4.97. The molecule has 0 saturated heterocycles. The van der Waals surface area contributed by atoms with E-state index in [0.717, 1.165) is 4.90 Å². The molecule has 0 bridgehead atoms. The Hall–Kier alpha value is -1.98. The lowest BCUT2D eigenvalue weighted by molar-refractivity contribution is -0.115. The van der Waals surface area contributed by atoms with Gasteiger partial charge in [-0.15, -0.1) is 11.8 Å². The Kier molecular flexibility index (Phi) is 6.70. The third-order valence-electron chi connectivity index (χ3n) is 3.35. The topological polar surface area (TPSA) is 55.4 Å². The van der Waals surface area contributed by atoms with Crippen LogP contribution in [0.1, 0.15) is 23.7 Å². The molecular formula is C18H18ClNO3S. The van der Waals surface area contributed by atoms with Crippen molar-refractivity contribution in [2.24, 2.45) is 0 Å². The fourth-order valence-corrected chi connectivity index (χ4v) is 3.17. The van der Waals surface area contributed by atoms with Crippen molar-refractivity contribution < 1.29 is 14.3 Å². The van der Waals surface area contributed by atoms with Gasteiger partial charge in [-0.1, -0.05) is 30.7 Å². The van der Waals surface area contributed by atoms with E-state index in [1.807, 2.05) is 19.1 Å². The van der Waals surface area contributed by atoms with E-state index in [0.29, 0.717) is 22.7 Å². The lowest BCUT2D eigenvalue weighted by Gasteiger charge is -2.16. The average Bonchev–Trinajstić information content (AvgIpc) is 2.61. The van der Waals surface area contributed by atoms with Crippen molar-refractivity contribution in [2.45, 2.75) is 23.5 Å². The summed E-state index contributed by atoms with van der Waals surface area (Å²) in [5.74, 6) is -0.641. The van der Waals surface area contributed by atoms with Crippen molar-refractivity contribution in [2.75, 3.05) is 12.4 Å². The quantitative estimate of drug-likeness (QED) is 0.600. The van der Waals surface area contributed by atoms with Crippen LogP contribution in [0.25, 0.3) is 0 Å². The minimum absolute atomic E-state index is 0.159. The van der Waals surface area contributed by atoms with E-state index in [1.54, 1.807) is 36.4 Å². The number of nitrogens with one attached hydrogen (secondary N) is 1. The first-order valence-corrected chi connectivity index (χ1v) is 8.71. The minimum Gasteiger partial charge on any atom is -0.465 e. The van der Waals surface area contributed by atoms with Crippen LogP contribution in [0.3, 0.4) is 0 Å². The molecule has 0 saturated carbocycles. The second-order valence-corrected chi connectivity index (χ2v) is 6.71. The van der Waals surface area contributed by atoms with E-state index in [2.05, 4.69) is 5.32 Å². The number of amides is 1. The van der Waals surface area contributed by atoms with Crippen molar-refractivity contribution in [1.29, 1.82) is 0 Å². The number of esters is 1. The Morgan fingerprint density at radius 3 is 2.46 bits per heavy atom. The Bertz CT molecular complexity index is 718. The number of hydrogen-bond donors (Lipinski definition) is 1. The number of benzene rings is 2. The highest BCUT2D eigenvalue weighted by molar-refractivity contribution is 8.00. The standard InChI is InChI=1S/C18H18ClNO3S/c1-3-16(24-13-10-8-12(19)9-11-13)17(21)20-15-7-5-4-6-14(15)18(22)23-2/h4-11,16H,3H2,1-2H3,(H,20,21)/t16-/m0/s1. The van der Waals surface area contributed by atoms with Crippen LogP contribution in [0.5, 0.6) is 0 Å². The van der Waals surface area contributed by atoms with Gasteiger partial charge >= 0.3 is 5.97 Å². The SMILES string of the molecule is CC[C@H](Sc1ccc(Cl)cc1)C(=O)Nc1ccccc1C(=O)OC. The van der Waals surface area contributed by atoms with Crippen molar-refractivity contribution in [3.05, 3.63) is 59.1 Å². The van der Waals surface area contributed by atoms with Crippen LogP contribution < -0.4 is 5.32 Å². The maximum atomic E-state index is 12.6. The Labute approximate surface area is 150 Å². The van der Waals surface area contributed by atoms with E-state index in [-0.39, 0.29) is 11.2 Å². The second kappa shape index (κ2) is 8.76. The summed E-state index contributed by atoms with van der Waals surface area (Å²) in [6.07, 6.45) is 0.652. The smallest absolute Gasteiger partial charge is 0.339 e. The molecule has 0 unspecified atom stereocenters. The summed E-state index contributed by atoms with van der Waals surface area (Å²) in [5, 5.41) is 3.20. The average molecular weight is 364 g/mol. The van der Waals surface area contributed by atoms with E-state index in [9.17, 15) is 9.59 Å². The van der Waals surface area contributed by atoms with Gasteiger partial charge in [-0.25, -0.2) is 4.79 Å². The molecule has 0 spiro atoms. The Balaban J connectivity index is 2.12. The van der Waals surface area contributed by atoms with Gasteiger partial charge in [0.2, 0.25) is 5.91 Å². The molecule has 0 heterocycles. The van der Waals surface area contributed by atoms with Crippen LogP contribution in [0, 0.1) is 0 Å². The van der Waals surface area contributed by atoms with Crippen LogP contribution in [-0.4, -0.2) is 24.2 Å². The molecule has 126 valence electrons. The van der Waals surface area contributed by atoms with Gasteiger partial charge in [-0.05, 0) is 42.8 Å². The summed E-state index contributed by atoms with van der Waals surface area (Å²) < 4.78 is 4.74. The zero-order valence-corrected chi connectivity index (χ0v) is 15.0. The van der Waals surface area contributed by atoms with E-state index < -0.39 is 5.97 Å². The summed E-state index contributed by atoms with van der Waals surface area (Å²) in [7, 11) is 1.31. The zero-order chi connectivity index (χ0) is 17.5. The molecule has 24 heavy (non-hydrogen) atoms. The monoisotopic (exact) mass is 363 g/mol. The molecule has 0 aliphatic rings. The molecular weight excluding hydrogens is 346 g/mol. The number of methoxy groups -OCH3 is 1. The molecule has 0 radical (unpaired) electrons. The lowest BCUT2D eigenvalue weighted by Crippen LogP contribution is -2.25. The first-order chi connectivity index (χ1) is 11.5. The molecule has 0 fully saturated rings. The van der Waals surface area contributed by atoms with Gasteiger partial charge in [0, 0.05) is 9.92 Å². The van der Waals surface area contributed by atoms with E-state index >= 15 is 0 Å². The van der Waals surface area contributed by atoms with Crippen LogP contribution >= 0.6 is 23.4 Å². The summed E-state index contributed by atoms with van der Waals surface area (Å²) in [6.45, 7) is 1.94. The van der Waals surface area contributed by atoms with Gasteiger partial charge in [0.1, 0.15) is 0 Å². The number of halogens is 1. The normalized spacial score (nSPS) is 11.6. The number of carbonyl (C=O) groups is 2. The zero-order valence-electron chi connectivity index (χ0n) is 13.4. The second-order valence-electron chi connectivity index (χ2n) is 5.00. The van der Waals surface area contributed by atoms with E-state index in [4.69, 9.17) is 16.3 Å². The Morgan fingerprint density at radius 2 is 1.83 bits per heavy atom. The summed E-state index contributed by atoms with van der Waals surface area (Å²) in [4.78, 5) is 25.3. The number of thioether (sulfide) groups is 1. The molecule has 6 heteroatoms. The van der Waals surface area contributed by atoms with Crippen LogP contribution in [0.4, 0.5) is 5.69 Å². The van der Waals surface area contributed by atoms with E-state index in [1.165, 1.54) is 18.9 Å². The van der Waals surface area contributed by atoms with Crippen LogP contribution in [0.15, 0.2) is 53.4 Å². The molecule has 4 nitrogen and oxygen atoms in total. The predicted molar refractivity (Wildman–Crippen MR) is 97.8 cm³/mol. The maximum Gasteiger partial charge on any atom is 0.339 e. The van der Waals surface area contributed by atoms with Gasteiger partial charge in [0.15, 0.2) is 0 Å². The van der Waals surface area contributed by atoms with Crippen molar-refractivity contribution in [1.82, 2.24) is 0 Å². The fraction of sp³-hybridized carbons (Fsp3) is 0.222. The molecule has 0 aliphatic carbocycles. The largest absolute Gasteiger partial charge is 0.465 e. The molecule has 2 aromatic rings. The predicted octanol–water partition coefficient (Wildman–Crippen LogP) is 4.64. The summed E-state index contributed by atoms with van der Waals surface area (Å²) in [6, 6.07) is 14.1.